The number of nitrogens with zero attached hydrogens (tertiary/aromatic N) is 1. The highest BCUT2D eigenvalue weighted by atomic mass is 16.5. The minimum atomic E-state index is 0.496. The van der Waals surface area contributed by atoms with Crippen LogP contribution >= 0.6 is 0 Å². The van der Waals surface area contributed by atoms with Crippen molar-refractivity contribution in [2.45, 2.75) is 25.3 Å². The predicted octanol–water partition coefficient (Wildman–Crippen LogP) is 2.69. The molecule has 1 aliphatic heterocycles. The van der Waals surface area contributed by atoms with Crippen molar-refractivity contribution in [3.8, 4) is 5.75 Å². The number of hydrogen-bond donors (Lipinski definition) is 1. The quantitative estimate of drug-likeness (QED) is 0.883. The molecule has 1 aromatic rings. The summed E-state index contributed by atoms with van der Waals surface area (Å²) in [5.41, 5.74) is 1.39. The fourth-order valence-electron chi connectivity index (χ4n) is 2.91. The maximum absolute atomic E-state index is 5.24. The van der Waals surface area contributed by atoms with Crippen LogP contribution in [-0.4, -0.2) is 39.2 Å². The van der Waals surface area contributed by atoms with E-state index >= 15 is 0 Å². The van der Waals surface area contributed by atoms with Gasteiger partial charge in [-0.25, -0.2) is 0 Å². The van der Waals surface area contributed by atoms with Gasteiger partial charge in [-0.15, -0.1) is 0 Å². The molecule has 1 saturated heterocycles. The highest BCUT2D eigenvalue weighted by Crippen LogP contribution is 2.29. The molecule has 2 rings (SSSR count). The molecule has 3 heteroatoms. The number of rotatable bonds is 5. The molecule has 3 nitrogen and oxygen atoms in total. The molecule has 106 valence electrons. The molecular weight excluding hydrogens is 236 g/mol. The molecule has 0 bridgehead atoms. The van der Waals surface area contributed by atoms with Gasteiger partial charge in [-0.05, 0) is 70.1 Å². The Hall–Kier alpha value is -1.06. The van der Waals surface area contributed by atoms with Crippen LogP contribution in [0.15, 0.2) is 24.3 Å². The lowest BCUT2D eigenvalue weighted by Gasteiger charge is -2.31. The van der Waals surface area contributed by atoms with Crippen LogP contribution < -0.4 is 10.1 Å². The standard InChI is InChI=1S/C16H26N2O/c1-18(2)16(11-13-5-4-10-17-12-13)14-6-8-15(19-3)9-7-14/h6-9,13,16-17H,4-5,10-12H2,1-3H3. The number of nitrogens with one attached hydrogen (secondary N) is 1. The van der Waals surface area contributed by atoms with Crippen LogP contribution in [0.3, 0.4) is 0 Å². The average molecular weight is 262 g/mol. The third-order valence-electron chi connectivity index (χ3n) is 4.08. The highest BCUT2D eigenvalue weighted by Gasteiger charge is 2.21. The van der Waals surface area contributed by atoms with Crippen LogP contribution in [-0.2, 0) is 0 Å². The largest absolute Gasteiger partial charge is 0.497 e. The number of ether oxygens (including phenoxy) is 1. The molecule has 0 saturated carbocycles. The zero-order valence-corrected chi connectivity index (χ0v) is 12.4. The van der Waals surface area contributed by atoms with Gasteiger partial charge in [-0.1, -0.05) is 12.1 Å². The molecule has 1 aliphatic rings. The van der Waals surface area contributed by atoms with E-state index in [9.17, 15) is 0 Å². The Kier molecular flexibility index (Phi) is 5.23. The molecule has 2 atom stereocenters. The Bertz CT molecular complexity index is 369. The average Bonchev–Trinajstić information content (AvgIpc) is 2.46. The molecule has 0 spiro atoms. The van der Waals surface area contributed by atoms with Crippen molar-refractivity contribution >= 4 is 0 Å². The zero-order chi connectivity index (χ0) is 13.7. The lowest BCUT2D eigenvalue weighted by atomic mass is 9.89. The van der Waals surface area contributed by atoms with Gasteiger partial charge in [0.15, 0.2) is 0 Å². The molecule has 2 unspecified atom stereocenters. The first kappa shape index (κ1) is 14.4. The molecule has 0 aromatic heterocycles. The van der Waals surface area contributed by atoms with Crippen molar-refractivity contribution in [2.75, 3.05) is 34.3 Å². The normalized spacial score (nSPS) is 21.4. The van der Waals surface area contributed by atoms with Gasteiger partial charge in [0.2, 0.25) is 0 Å². The Balaban J connectivity index is 2.05. The molecule has 0 amide bonds. The summed E-state index contributed by atoms with van der Waals surface area (Å²) in [4.78, 5) is 2.33. The summed E-state index contributed by atoms with van der Waals surface area (Å²) < 4.78 is 5.24. The second-order valence-electron chi connectivity index (χ2n) is 5.70. The van der Waals surface area contributed by atoms with Gasteiger partial charge in [0.1, 0.15) is 5.75 Å². The summed E-state index contributed by atoms with van der Waals surface area (Å²) in [6.07, 6.45) is 3.90. The molecule has 1 fully saturated rings. The first-order valence-electron chi connectivity index (χ1n) is 7.22. The first-order chi connectivity index (χ1) is 9.20. The summed E-state index contributed by atoms with van der Waals surface area (Å²) in [5, 5.41) is 3.51. The van der Waals surface area contributed by atoms with E-state index < -0.39 is 0 Å². The van der Waals surface area contributed by atoms with Gasteiger partial charge in [0, 0.05) is 6.04 Å². The van der Waals surface area contributed by atoms with E-state index in [4.69, 9.17) is 4.74 Å². The zero-order valence-electron chi connectivity index (χ0n) is 12.4. The molecular formula is C16H26N2O. The maximum atomic E-state index is 5.24. The Morgan fingerprint density at radius 1 is 1.32 bits per heavy atom. The number of hydrogen-bond acceptors (Lipinski definition) is 3. The Morgan fingerprint density at radius 2 is 2.05 bits per heavy atom. The first-order valence-corrected chi connectivity index (χ1v) is 7.22. The SMILES string of the molecule is COc1ccc(C(CC2CCCNC2)N(C)C)cc1. The Morgan fingerprint density at radius 3 is 2.58 bits per heavy atom. The number of benzene rings is 1. The summed E-state index contributed by atoms with van der Waals surface area (Å²) in [5.74, 6) is 1.73. The lowest BCUT2D eigenvalue weighted by Crippen LogP contribution is -2.33. The summed E-state index contributed by atoms with van der Waals surface area (Å²) in [6, 6.07) is 9.01. The summed E-state index contributed by atoms with van der Waals surface area (Å²) >= 11 is 0. The van der Waals surface area contributed by atoms with Gasteiger partial charge >= 0.3 is 0 Å². The van der Waals surface area contributed by atoms with Crippen LogP contribution in [0.25, 0.3) is 0 Å². The topological polar surface area (TPSA) is 24.5 Å². The molecule has 1 heterocycles. The summed E-state index contributed by atoms with van der Waals surface area (Å²) in [7, 11) is 6.06. The molecule has 0 radical (unpaired) electrons. The predicted molar refractivity (Wildman–Crippen MR) is 79.6 cm³/mol. The van der Waals surface area contributed by atoms with E-state index in [1.54, 1.807) is 7.11 Å². The van der Waals surface area contributed by atoms with Crippen LogP contribution in [0, 0.1) is 5.92 Å². The van der Waals surface area contributed by atoms with E-state index in [1.165, 1.54) is 37.9 Å². The van der Waals surface area contributed by atoms with Gasteiger partial charge < -0.3 is 15.0 Å². The van der Waals surface area contributed by atoms with E-state index in [1.807, 2.05) is 0 Å². The molecule has 1 aromatic carbocycles. The third-order valence-corrected chi connectivity index (χ3v) is 4.08. The van der Waals surface area contributed by atoms with Gasteiger partial charge in [-0.3, -0.25) is 0 Å². The number of methoxy groups -OCH3 is 1. The van der Waals surface area contributed by atoms with Crippen LogP contribution in [0.1, 0.15) is 30.9 Å². The van der Waals surface area contributed by atoms with Crippen molar-refractivity contribution < 1.29 is 4.74 Å². The van der Waals surface area contributed by atoms with Crippen LogP contribution in [0.2, 0.25) is 0 Å². The van der Waals surface area contributed by atoms with Crippen molar-refractivity contribution in [2.24, 2.45) is 5.92 Å². The van der Waals surface area contributed by atoms with Gasteiger partial charge in [-0.2, -0.15) is 0 Å². The van der Waals surface area contributed by atoms with E-state index in [0.717, 1.165) is 11.7 Å². The second kappa shape index (κ2) is 6.92. The van der Waals surface area contributed by atoms with Crippen molar-refractivity contribution in [1.82, 2.24) is 10.2 Å². The van der Waals surface area contributed by atoms with Crippen molar-refractivity contribution in [3.05, 3.63) is 29.8 Å². The lowest BCUT2D eigenvalue weighted by molar-refractivity contribution is 0.225. The minimum Gasteiger partial charge on any atom is -0.497 e. The minimum absolute atomic E-state index is 0.496. The van der Waals surface area contributed by atoms with Gasteiger partial charge in [0.05, 0.1) is 7.11 Å². The van der Waals surface area contributed by atoms with E-state index in [2.05, 4.69) is 48.6 Å². The molecule has 1 N–H and O–H groups in total. The van der Waals surface area contributed by atoms with E-state index in [0.29, 0.717) is 6.04 Å². The molecule has 0 aliphatic carbocycles. The number of piperidine rings is 1. The highest BCUT2D eigenvalue weighted by molar-refractivity contribution is 5.29. The van der Waals surface area contributed by atoms with Crippen molar-refractivity contribution in [1.29, 1.82) is 0 Å². The van der Waals surface area contributed by atoms with E-state index in [-0.39, 0.29) is 0 Å². The van der Waals surface area contributed by atoms with Crippen molar-refractivity contribution in [3.63, 3.8) is 0 Å². The fourth-order valence-corrected chi connectivity index (χ4v) is 2.91. The second-order valence-corrected chi connectivity index (χ2v) is 5.70. The van der Waals surface area contributed by atoms with Gasteiger partial charge in [0.25, 0.3) is 0 Å². The Labute approximate surface area is 116 Å². The maximum Gasteiger partial charge on any atom is 0.118 e. The van der Waals surface area contributed by atoms with Crippen LogP contribution in [0.4, 0.5) is 0 Å². The fraction of sp³-hybridized carbons (Fsp3) is 0.625. The monoisotopic (exact) mass is 262 g/mol. The third kappa shape index (κ3) is 3.95. The summed E-state index contributed by atoms with van der Waals surface area (Å²) in [6.45, 7) is 2.35. The van der Waals surface area contributed by atoms with Crippen LogP contribution in [0.5, 0.6) is 5.75 Å². The smallest absolute Gasteiger partial charge is 0.118 e. The molecule has 19 heavy (non-hydrogen) atoms.